The summed E-state index contributed by atoms with van der Waals surface area (Å²) in [5, 5.41) is 0. The Labute approximate surface area is 109 Å². The summed E-state index contributed by atoms with van der Waals surface area (Å²) in [6.07, 6.45) is 0.951. The third-order valence-corrected chi connectivity index (χ3v) is 2.55. The SMILES string of the molecule is C=CC(c1ccccc1)C(F)(F)C(=O)C(=O)OCC. The molecule has 19 heavy (non-hydrogen) atoms. The van der Waals surface area contributed by atoms with Gasteiger partial charge in [0.1, 0.15) is 0 Å². The van der Waals surface area contributed by atoms with Gasteiger partial charge < -0.3 is 4.74 Å². The number of hydrogen-bond acceptors (Lipinski definition) is 3. The van der Waals surface area contributed by atoms with Gasteiger partial charge in [-0.3, -0.25) is 4.79 Å². The van der Waals surface area contributed by atoms with Crippen LogP contribution in [0.25, 0.3) is 0 Å². The summed E-state index contributed by atoms with van der Waals surface area (Å²) >= 11 is 0. The van der Waals surface area contributed by atoms with Crippen LogP contribution in [0.15, 0.2) is 43.0 Å². The zero-order valence-corrected chi connectivity index (χ0v) is 10.4. The molecule has 5 heteroatoms. The minimum absolute atomic E-state index is 0.134. The summed E-state index contributed by atoms with van der Waals surface area (Å²) in [5.41, 5.74) is 0.208. The molecule has 0 aliphatic heterocycles. The van der Waals surface area contributed by atoms with Crippen molar-refractivity contribution in [2.75, 3.05) is 6.61 Å². The number of ketones is 1. The van der Waals surface area contributed by atoms with Crippen LogP contribution < -0.4 is 0 Å². The summed E-state index contributed by atoms with van der Waals surface area (Å²) in [7, 11) is 0. The number of allylic oxidation sites excluding steroid dienone is 1. The standard InChI is InChI=1S/C14H14F2O3/c1-3-11(10-8-6-5-7-9-10)14(15,16)12(17)13(18)19-4-2/h3,5-9,11H,1,4H2,2H3. The van der Waals surface area contributed by atoms with Crippen LogP contribution in [-0.4, -0.2) is 24.3 Å². The van der Waals surface area contributed by atoms with Gasteiger partial charge in [0, 0.05) is 0 Å². The van der Waals surface area contributed by atoms with Crippen molar-refractivity contribution in [2.24, 2.45) is 0 Å². The van der Waals surface area contributed by atoms with Gasteiger partial charge in [0.25, 0.3) is 0 Å². The van der Waals surface area contributed by atoms with E-state index < -0.39 is 23.6 Å². The number of carbonyl (C=O) groups is 2. The number of halogens is 2. The Balaban J connectivity index is 3.06. The van der Waals surface area contributed by atoms with Crippen LogP contribution in [0.5, 0.6) is 0 Å². The molecule has 0 aliphatic carbocycles. The van der Waals surface area contributed by atoms with Crippen molar-refractivity contribution in [3.8, 4) is 0 Å². The van der Waals surface area contributed by atoms with Crippen LogP contribution >= 0.6 is 0 Å². The molecule has 0 aliphatic rings. The van der Waals surface area contributed by atoms with Gasteiger partial charge in [-0.1, -0.05) is 36.4 Å². The fraction of sp³-hybridized carbons (Fsp3) is 0.286. The van der Waals surface area contributed by atoms with Crippen molar-refractivity contribution < 1.29 is 23.1 Å². The van der Waals surface area contributed by atoms with E-state index in [1.54, 1.807) is 18.2 Å². The maximum Gasteiger partial charge on any atom is 0.381 e. The van der Waals surface area contributed by atoms with E-state index in [0.29, 0.717) is 0 Å². The van der Waals surface area contributed by atoms with Crippen molar-refractivity contribution in [1.29, 1.82) is 0 Å². The molecule has 102 valence electrons. The molecule has 0 saturated heterocycles. The van der Waals surface area contributed by atoms with Crippen LogP contribution in [0.2, 0.25) is 0 Å². The van der Waals surface area contributed by atoms with Gasteiger partial charge >= 0.3 is 17.7 Å². The second-order valence-electron chi connectivity index (χ2n) is 3.80. The van der Waals surface area contributed by atoms with Gasteiger partial charge in [-0.25, -0.2) is 4.79 Å². The molecular formula is C14H14F2O3. The lowest BCUT2D eigenvalue weighted by molar-refractivity contribution is -0.166. The second kappa shape index (κ2) is 6.22. The minimum atomic E-state index is -3.88. The minimum Gasteiger partial charge on any atom is -0.460 e. The fourth-order valence-electron chi connectivity index (χ4n) is 1.63. The largest absolute Gasteiger partial charge is 0.460 e. The average molecular weight is 268 g/mol. The van der Waals surface area contributed by atoms with Gasteiger partial charge in [-0.2, -0.15) is 8.78 Å². The molecule has 1 rings (SSSR count). The fourth-order valence-corrected chi connectivity index (χ4v) is 1.63. The van der Waals surface area contributed by atoms with Gasteiger partial charge in [-0.15, -0.1) is 6.58 Å². The van der Waals surface area contributed by atoms with Crippen LogP contribution in [0.4, 0.5) is 8.78 Å². The number of Topliss-reactive ketones (excluding diaryl/α,β-unsaturated/α-hetero) is 1. The van der Waals surface area contributed by atoms with Crippen LogP contribution in [0.3, 0.4) is 0 Å². The average Bonchev–Trinajstić information content (AvgIpc) is 2.39. The van der Waals surface area contributed by atoms with E-state index in [4.69, 9.17) is 0 Å². The molecule has 0 amide bonds. The van der Waals surface area contributed by atoms with Gasteiger partial charge in [0.05, 0.1) is 12.5 Å². The summed E-state index contributed by atoms with van der Waals surface area (Å²) in [6.45, 7) is 4.61. The first-order valence-corrected chi connectivity index (χ1v) is 5.72. The number of benzene rings is 1. The zero-order valence-electron chi connectivity index (χ0n) is 10.4. The maximum atomic E-state index is 14.0. The predicted molar refractivity (Wildman–Crippen MR) is 66.0 cm³/mol. The van der Waals surface area contributed by atoms with Gasteiger partial charge in [0.2, 0.25) is 0 Å². The summed E-state index contributed by atoms with van der Waals surface area (Å²) < 4.78 is 32.4. The lowest BCUT2D eigenvalue weighted by atomic mass is 9.90. The number of rotatable bonds is 6. The molecule has 1 aromatic rings. The van der Waals surface area contributed by atoms with E-state index in [2.05, 4.69) is 11.3 Å². The highest BCUT2D eigenvalue weighted by atomic mass is 19.3. The molecule has 0 saturated carbocycles. The number of alkyl halides is 2. The Morgan fingerprint density at radius 2 is 1.95 bits per heavy atom. The number of carbonyl (C=O) groups excluding carboxylic acids is 2. The first-order chi connectivity index (χ1) is 8.95. The molecular weight excluding hydrogens is 254 g/mol. The normalized spacial score (nSPS) is 12.6. The Morgan fingerprint density at radius 3 is 2.42 bits per heavy atom. The van der Waals surface area contributed by atoms with Crippen LogP contribution in [0, 0.1) is 0 Å². The predicted octanol–water partition coefficient (Wildman–Crippen LogP) is 2.72. The van der Waals surface area contributed by atoms with Gasteiger partial charge in [-0.05, 0) is 12.5 Å². The summed E-state index contributed by atoms with van der Waals surface area (Å²) in [4.78, 5) is 22.6. The topological polar surface area (TPSA) is 43.4 Å². The van der Waals surface area contributed by atoms with Crippen molar-refractivity contribution >= 4 is 11.8 Å². The van der Waals surface area contributed by atoms with E-state index in [0.717, 1.165) is 6.08 Å². The molecule has 3 nitrogen and oxygen atoms in total. The summed E-state index contributed by atoms with van der Waals surface area (Å²) in [5.74, 6) is -8.83. The molecule has 0 spiro atoms. The van der Waals surface area contributed by atoms with E-state index in [-0.39, 0.29) is 12.2 Å². The van der Waals surface area contributed by atoms with Crippen molar-refractivity contribution in [1.82, 2.24) is 0 Å². The third-order valence-electron chi connectivity index (χ3n) is 2.55. The molecule has 0 bridgehead atoms. The number of esters is 1. The highest BCUT2D eigenvalue weighted by molar-refractivity contribution is 6.36. The maximum absolute atomic E-state index is 14.0. The Bertz CT molecular complexity index is 469. The van der Waals surface area contributed by atoms with E-state index in [1.165, 1.54) is 19.1 Å². The molecule has 0 aromatic heterocycles. The van der Waals surface area contributed by atoms with E-state index >= 15 is 0 Å². The molecule has 1 unspecified atom stereocenters. The van der Waals surface area contributed by atoms with Crippen LogP contribution in [-0.2, 0) is 14.3 Å². The smallest absolute Gasteiger partial charge is 0.381 e. The van der Waals surface area contributed by atoms with E-state index in [1.807, 2.05) is 0 Å². The van der Waals surface area contributed by atoms with Gasteiger partial charge in [0.15, 0.2) is 0 Å². The quantitative estimate of drug-likeness (QED) is 0.452. The third kappa shape index (κ3) is 3.24. The number of ether oxygens (including phenoxy) is 1. The lowest BCUT2D eigenvalue weighted by Gasteiger charge is -2.22. The Hall–Kier alpha value is -2.04. The monoisotopic (exact) mass is 268 g/mol. The first-order valence-electron chi connectivity index (χ1n) is 5.72. The van der Waals surface area contributed by atoms with E-state index in [9.17, 15) is 18.4 Å². The second-order valence-corrected chi connectivity index (χ2v) is 3.80. The number of hydrogen-bond donors (Lipinski definition) is 0. The highest BCUT2D eigenvalue weighted by Crippen LogP contribution is 2.35. The van der Waals surface area contributed by atoms with Crippen molar-refractivity contribution in [3.05, 3.63) is 48.6 Å². The highest BCUT2D eigenvalue weighted by Gasteiger charge is 2.50. The molecule has 1 atom stereocenters. The molecule has 0 radical (unpaired) electrons. The summed E-state index contributed by atoms with van der Waals surface area (Å²) in [6, 6.07) is 7.68. The van der Waals surface area contributed by atoms with Crippen LogP contribution in [0.1, 0.15) is 18.4 Å². The Morgan fingerprint density at radius 1 is 1.37 bits per heavy atom. The molecule has 1 aromatic carbocycles. The zero-order chi connectivity index (χ0) is 14.5. The molecule has 0 fully saturated rings. The first kappa shape index (κ1) is 15.0. The molecule has 0 heterocycles. The molecule has 0 N–H and O–H groups in total. The van der Waals surface area contributed by atoms with Crippen molar-refractivity contribution in [2.45, 2.75) is 18.8 Å². The van der Waals surface area contributed by atoms with Crippen molar-refractivity contribution in [3.63, 3.8) is 0 Å². The Kier molecular flexibility index (Phi) is 4.92. The lowest BCUT2D eigenvalue weighted by Crippen LogP contribution is -2.40.